The van der Waals surface area contributed by atoms with Crippen molar-refractivity contribution in [3.63, 3.8) is 0 Å². The number of benzene rings is 1. The Labute approximate surface area is 120 Å². The van der Waals surface area contributed by atoms with Gasteiger partial charge in [0, 0.05) is 32.2 Å². The zero-order valence-electron chi connectivity index (χ0n) is 11.8. The predicted molar refractivity (Wildman–Crippen MR) is 78.4 cm³/mol. The standard InChI is InChI=1S/C16H23FN2O/c17-13-5-1-2-6-14(13)18-9-11-19(12-10-18)15-7-3-4-8-16(15)20/h1-2,5-6,15-16,20H,3-4,7-12H2. The quantitative estimate of drug-likeness (QED) is 0.899. The van der Waals surface area contributed by atoms with E-state index in [1.54, 1.807) is 6.07 Å². The van der Waals surface area contributed by atoms with Crippen LogP contribution in [0, 0.1) is 5.82 Å². The molecule has 0 bridgehead atoms. The van der Waals surface area contributed by atoms with Gasteiger partial charge in [-0.05, 0) is 25.0 Å². The molecule has 1 aliphatic carbocycles. The van der Waals surface area contributed by atoms with Crippen LogP contribution in [0.2, 0.25) is 0 Å². The van der Waals surface area contributed by atoms with Crippen molar-refractivity contribution in [2.45, 2.75) is 37.8 Å². The van der Waals surface area contributed by atoms with Crippen molar-refractivity contribution in [2.24, 2.45) is 0 Å². The molecular formula is C16H23FN2O. The minimum Gasteiger partial charge on any atom is -0.391 e. The second-order valence-corrected chi connectivity index (χ2v) is 5.89. The summed E-state index contributed by atoms with van der Waals surface area (Å²) < 4.78 is 13.8. The maximum Gasteiger partial charge on any atom is 0.146 e. The Morgan fingerprint density at radius 3 is 2.40 bits per heavy atom. The van der Waals surface area contributed by atoms with Crippen molar-refractivity contribution < 1.29 is 9.50 Å². The molecule has 20 heavy (non-hydrogen) atoms. The molecular weight excluding hydrogens is 255 g/mol. The third kappa shape index (κ3) is 2.81. The minimum atomic E-state index is -0.177. The summed E-state index contributed by atoms with van der Waals surface area (Å²) in [7, 11) is 0. The summed E-state index contributed by atoms with van der Waals surface area (Å²) in [6.07, 6.45) is 4.21. The van der Waals surface area contributed by atoms with E-state index in [9.17, 15) is 9.50 Å². The van der Waals surface area contributed by atoms with Crippen molar-refractivity contribution in [3.8, 4) is 0 Å². The molecule has 2 fully saturated rings. The largest absolute Gasteiger partial charge is 0.391 e. The number of piperazine rings is 1. The topological polar surface area (TPSA) is 26.7 Å². The highest BCUT2D eigenvalue weighted by Crippen LogP contribution is 2.26. The van der Waals surface area contributed by atoms with Crippen molar-refractivity contribution in [2.75, 3.05) is 31.1 Å². The summed E-state index contributed by atoms with van der Waals surface area (Å²) in [4.78, 5) is 4.50. The number of anilines is 1. The molecule has 2 unspecified atom stereocenters. The van der Waals surface area contributed by atoms with Crippen LogP contribution in [-0.4, -0.2) is 48.3 Å². The molecule has 0 radical (unpaired) electrons. The third-order valence-electron chi connectivity index (χ3n) is 4.67. The number of aliphatic hydroxyl groups is 1. The fourth-order valence-electron chi connectivity index (χ4n) is 3.52. The zero-order chi connectivity index (χ0) is 13.9. The van der Waals surface area contributed by atoms with Crippen LogP contribution in [-0.2, 0) is 0 Å². The van der Waals surface area contributed by atoms with E-state index < -0.39 is 0 Å². The maximum atomic E-state index is 13.8. The van der Waals surface area contributed by atoms with Gasteiger partial charge in [0.15, 0.2) is 0 Å². The van der Waals surface area contributed by atoms with Gasteiger partial charge in [0.05, 0.1) is 11.8 Å². The van der Waals surface area contributed by atoms with Crippen LogP contribution in [0.1, 0.15) is 25.7 Å². The van der Waals surface area contributed by atoms with Gasteiger partial charge in [-0.2, -0.15) is 0 Å². The van der Waals surface area contributed by atoms with E-state index in [1.165, 1.54) is 12.5 Å². The fourth-order valence-corrected chi connectivity index (χ4v) is 3.52. The number of aliphatic hydroxyl groups excluding tert-OH is 1. The van der Waals surface area contributed by atoms with E-state index in [0.29, 0.717) is 11.7 Å². The number of halogens is 1. The SMILES string of the molecule is OC1CCCCC1N1CCN(c2ccccc2F)CC1. The molecule has 3 nitrogen and oxygen atoms in total. The second-order valence-electron chi connectivity index (χ2n) is 5.89. The van der Waals surface area contributed by atoms with E-state index in [2.05, 4.69) is 9.80 Å². The number of hydrogen-bond donors (Lipinski definition) is 1. The molecule has 0 aromatic heterocycles. The molecule has 1 aromatic carbocycles. The Balaban J connectivity index is 1.61. The molecule has 1 aliphatic heterocycles. The molecule has 3 rings (SSSR count). The minimum absolute atomic E-state index is 0.140. The molecule has 2 aliphatic rings. The molecule has 1 aromatic rings. The van der Waals surface area contributed by atoms with Crippen LogP contribution < -0.4 is 4.90 Å². The molecule has 1 saturated heterocycles. The smallest absolute Gasteiger partial charge is 0.146 e. The molecule has 110 valence electrons. The molecule has 1 N–H and O–H groups in total. The Kier molecular flexibility index (Phi) is 4.22. The van der Waals surface area contributed by atoms with Gasteiger partial charge in [0.1, 0.15) is 5.82 Å². The monoisotopic (exact) mass is 278 g/mol. The van der Waals surface area contributed by atoms with Crippen LogP contribution in [0.15, 0.2) is 24.3 Å². The summed E-state index contributed by atoms with van der Waals surface area (Å²) >= 11 is 0. The van der Waals surface area contributed by atoms with Crippen LogP contribution >= 0.6 is 0 Å². The lowest BCUT2D eigenvalue weighted by Gasteiger charge is -2.43. The molecule has 0 spiro atoms. The Bertz CT molecular complexity index is 446. The van der Waals surface area contributed by atoms with Crippen LogP contribution in [0.4, 0.5) is 10.1 Å². The number of nitrogens with zero attached hydrogens (tertiary/aromatic N) is 2. The molecule has 2 atom stereocenters. The highest BCUT2D eigenvalue weighted by Gasteiger charge is 2.31. The van der Waals surface area contributed by atoms with Crippen molar-refractivity contribution in [3.05, 3.63) is 30.1 Å². The number of para-hydroxylation sites is 1. The van der Waals surface area contributed by atoms with Crippen LogP contribution in [0.25, 0.3) is 0 Å². The normalized spacial score (nSPS) is 28.6. The molecule has 1 saturated carbocycles. The highest BCUT2D eigenvalue weighted by atomic mass is 19.1. The lowest BCUT2D eigenvalue weighted by Crippen LogP contribution is -2.54. The average molecular weight is 278 g/mol. The maximum absolute atomic E-state index is 13.8. The first-order valence-electron chi connectivity index (χ1n) is 7.67. The lowest BCUT2D eigenvalue weighted by molar-refractivity contribution is 0.0172. The fraction of sp³-hybridized carbons (Fsp3) is 0.625. The van der Waals surface area contributed by atoms with E-state index >= 15 is 0 Å². The van der Waals surface area contributed by atoms with Gasteiger partial charge < -0.3 is 10.0 Å². The summed E-state index contributed by atoms with van der Waals surface area (Å²) in [5.74, 6) is -0.140. The van der Waals surface area contributed by atoms with Gasteiger partial charge in [0.25, 0.3) is 0 Å². The Morgan fingerprint density at radius 2 is 1.70 bits per heavy atom. The lowest BCUT2D eigenvalue weighted by atomic mass is 9.91. The first kappa shape index (κ1) is 13.8. The first-order valence-corrected chi connectivity index (χ1v) is 7.67. The summed E-state index contributed by atoms with van der Waals surface area (Å²) in [5.41, 5.74) is 0.705. The van der Waals surface area contributed by atoms with E-state index in [1.807, 2.05) is 12.1 Å². The van der Waals surface area contributed by atoms with Gasteiger partial charge in [-0.3, -0.25) is 4.90 Å². The van der Waals surface area contributed by atoms with E-state index in [4.69, 9.17) is 0 Å². The van der Waals surface area contributed by atoms with Gasteiger partial charge in [0.2, 0.25) is 0 Å². The van der Waals surface area contributed by atoms with Crippen molar-refractivity contribution in [1.29, 1.82) is 0 Å². The highest BCUT2D eigenvalue weighted by molar-refractivity contribution is 5.48. The van der Waals surface area contributed by atoms with E-state index in [0.717, 1.165) is 45.4 Å². The molecule has 4 heteroatoms. The Hall–Kier alpha value is -1.13. The first-order chi connectivity index (χ1) is 9.75. The van der Waals surface area contributed by atoms with Gasteiger partial charge in [-0.15, -0.1) is 0 Å². The third-order valence-corrected chi connectivity index (χ3v) is 4.67. The number of rotatable bonds is 2. The summed E-state index contributed by atoms with van der Waals surface area (Å²) in [6.45, 7) is 3.50. The van der Waals surface area contributed by atoms with Gasteiger partial charge >= 0.3 is 0 Å². The molecule has 0 amide bonds. The predicted octanol–water partition coefficient (Wildman–Crippen LogP) is 2.25. The summed E-state index contributed by atoms with van der Waals surface area (Å²) in [6, 6.07) is 7.29. The number of hydrogen-bond acceptors (Lipinski definition) is 3. The van der Waals surface area contributed by atoms with Crippen molar-refractivity contribution >= 4 is 5.69 Å². The second kappa shape index (κ2) is 6.10. The molecule has 1 heterocycles. The summed E-state index contributed by atoms with van der Waals surface area (Å²) in [5, 5.41) is 10.1. The average Bonchev–Trinajstić information content (AvgIpc) is 2.49. The van der Waals surface area contributed by atoms with Crippen molar-refractivity contribution in [1.82, 2.24) is 4.90 Å². The van der Waals surface area contributed by atoms with Gasteiger partial charge in [-0.25, -0.2) is 4.39 Å². The van der Waals surface area contributed by atoms with Crippen LogP contribution in [0.3, 0.4) is 0 Å². The van der Waals surface area contributed by atoms with Gasteiger partial charge in [-0.1, -0.05) is 25.0 Å². The van der Waals surface area contributed by atoms with Crippen LogP contribution in [0.5, 0.6) is 0 Å². The Morgan fingerprint density at radius 1 is 1.00 bits per heavy atom. The van der Waals surface area contributed by atoms with E-state index in [-0.39, 0.29) is 11.9 Å². The zero-order valence-corrected chi connectivity index (χ0v) is 11.8.